The van der Waals surface area contributed by atoms with E-state index in [0.717, 1.165) is 32.9 Å². The molecule has 0 saturated carbocycles. The van der Waals surface area contributed by atoms with E-state index in [1.807, 2.05) is 36.4 Å². The quantitative estimate of drug-likeness (QED) is 0.683. The van der Waals surface area contributed by atoms with Crippen LogP contribution in [-0.4, -0.2) is 4.98 Å². The molecule has 2 N–H and O–H groups in total. The molecule has 3 rings (SSSR count). The van der Waals surface area contributed by atoms with E-state index in [9.17, 15) is 0 Å². The summed E-state index contributed by atoms with van der Waals surface area (Å²) in [6, 6.07) is 16.2. The molecular weight excluding hydrogens is 347 g/mol. The summed E-state index contributed by atoms with van der Waals surface area (Å²) in [7, 11) is 0. The Morgan fingerprint density at radius 2 is 1.61 bits per heavy atom. The molecule has 118 valence electrons. The molecule has 1 heterocycles. The number of hydrogen-bond donors (Lipinski definition) is 1. The average molecular weight is 364 g/mol. The second-order valence-corrected chi connectivity index (χ2v) is 7.16. The van der Waals surface area contributed by atoms with Crippen LogP contribution in [0.3, 0.4) is 0 Å². The summed E-state index contributed by atoms with van der Waals surface area (Å²) in [6.45, 7) is 3.05. The molecule has 1 aromatic heterocycles. The van der Waals surface area contributed by atoms with E-state index in [1.165, 1.54) is 5.56 Å². The molecule has 0 fully saturated rings. The number of halogens is 2. The highest BCUT2D eigenvalue weighted by Gasteiger charge is 2.11. The topological polar surface area (TPSA) is 29.5 Å². The molecule has 0 aliphatic rings. The number of nitrogens with zero attached hydrogens (tertiary/aromatic N) is 1. The van der Waals surface area contributed by atoms with Gasteiger partial charge in [-0.1, -0.05) is 47.5 Å². The van der Waals surface area contributed by atoms with Crippen molar-refractivity contribution in [3.8, 4) is 10.6 Å². The van der Waals surface area contributed by atoms with Crippen LogP contribution in [0.4, 0.5) is 0 Å². The van der Waals surface area contributed by atoms with Crippen molar-refractivity contribution in [1.29, 1.82) is 0 Å². The van der Waals surface area contributed by atoms with Crippen LogP contribution in [0.1, 0.15) is 24.2 Å². The lowest BCUT2D eigenvalue weighted by atomic mass is 10.1. The summed E-state index contributed by atoms with van der Waals surface area (Å²) < 4.78 is 0. The van der Waals surface area contributed by atoms with Gasteiger partial charge in [0, 0.05) is 26.6 Å². The first-order valence-corrected chi connectivity index (χ1v) is 9.04. The van der Waals surface area contributed by atoms with E-state index < -0.39 is 0 Å². The lowest BCUT2D eigenvalue weighted by molar-refractivity contribution is -0.708. The largest absolute Gasteiger partial charge is 0.335 e. The third-order valence-corrected chi connectivity index (χ3v) is 5.16. The fraction of sp³-hybridized carbons (Fsp3) is 0.167. The molecule has 2 nitrogen and oxygen atoms in total. The molecule has 0 aliphatic carbocycles. The van der Waals surface area contributed by atoms with Crippen molar-refractivity contribution in [3.05, 3.63) is 75.2 Å². The van der Waals surface area contributed by atoms with Gasteiger partial charge >= 0.3 is 0 Å². The van der Waals surface area contributed by atoms with Crippen molar-refractivity contribution < 1.29 is 5.32 Å². The predicted molar refractivity (Wildman–Crippen MR) is 98.1 cm³/mol. The van der Waals surface area contributed by atoms with Gasteiger partial charge in [0.2, 0.25) is 0 Å². The van der Waals surface area contributed by atoms with E-state index in [4.69, 9.17) is 28.2 Å². The standard InChI is InChI=1S/C18H16Cl2N2S/c1-12(13-2-6-15(19)7-3-13)21-10-17-11-23-18(22-17)14-4-8-16(20)9-5-14/h2-9,11-12,21H,10H2,1H3/p+1/t12-/m1/s1. The highest BCUT2D eigenvalue weighted by molar-refractivity contribution is 7.13. The van der Waals surface area contributed by atoms with Crippen LogP contribution >= 0.6 is 34.5 Å². The molecule has 0 radical (unpaired) electrons. The van der Waals surface area contributed by atoms with E-state index >= 15 is 0 Å². The summed E-state index contributed by atoms with van der Waals surface area (Å²) in [5, 5.41) is 6.95. The highest BCUT2D eigenvalue weighted by atomic mass is 35.5. The van der Waals surface area contributed by atoms with E-state index in [0.29, 0.717) is 6.04 Å². The number of nitrogens with two attached hydrogens (primary N) is 1. The smallest absolute Gasteiger partial charge is 0.123 e. The van der Waals surface area contributed by atoms with Crippen LogP contribution in [0.5, 0.6) is 0 Å². The number of rotatable bonds is 5. The Balaban J connectivity index is 1.63. The minimum Gasteiger partial charge on any atom is -0.335 e. The van der Waals surface area contributed by atoms with E-state index in [-0.39, 0.29) is 0 Å². The first-order chi connectivity index (χ1) is 11.1. The molecule has 5 heteroatoms. The molecule has 0 bridgehead atoms. The second kappa shape index (κ2) is 7.45. The summed E-state index contributed by atoms with van der Waals surface area (Å²) in [5.74, 6) is 0. The number of quaternary nitrogens is 1. The van der Waals surface area contributed by atoms with Crippen molar-refractivity contribution in [2.24, 2.45) is 0 Å². The molecule has 1 atom stereocenters. The van der Waals surface area contributed by atoms with Gasteiger partial charge in [-0.3, -0.25) is 0 Å². The summed E-state index contributed by atoms with van der Waals surface area (Å²) in [6.07, 6.45) is 0. The lowest BCUT2D eigenvalue weighted by Gasteiger charge is -2.10. The number of hydrogen-bond acceptors (Lipinski definition) is 2. The SMILES string of the molecule is C[C@@H]([NH2+]Cc1csc(-c2ccc(Cl)cc2)n1)c1ccc(Cl)cc1. The molecule has 3 aromatic rings. The third-order valence-electron chi connectivity index (χ3n) is 3.72. The second-order valence-electron chi connectivity index (χ2n) is 5.43. The van der Waals surface area contributed by atoms with Crippen LogP contribution in [0.25, 0.3) is 10.6 Å². The monoisotopic (exact) mass is 363 g/mol. The Labute approximate surface area is 150 Å². The minimum absolute atomic E-state index is 0.368. The molecule has 23 heavy (non-hydrogen) atoms. The number of benzene rings is 2. The van der Waals surface area contributed by atoms with Gasteiger partial charge in [0.1, 0.15) is 23.3 Å². The molecule has 0 spiro atoms. The Kier molecular flexibility index (Phi) is 5.34. The fourth-order valence-electron chi connectivity index (χ4n) is 2.33. The lowest BCUT2D eigenvalue weighted by Crippen LogP contribution is -2.83. The molecule has 0 amide bonds. The normalized spacial score (nSPS) is 12.3. The van der Waals surface area contributed by atoms with Crippen LogP contribution in [0.2, 0.25) is 10.0 Å². The summed E-state index contributed by atoms with van der Waals surface area (Å²) in [4.78, 5) is 4.71. The van der Waals surface area contributed by atoms with Crippen LogP contribution in [0.15, 0.2) is 53.9 Å². The Hall–Kier alpha value is -1.39. The fourth-order valence-corrected chi connectivity index (χ4v) is 3.42. The third kappa shape index (κ3) is 4.33. The zero-order valence-electron chi connectivity index (χ0n) is 12.7. The van der Waals surface area contributed by atoms with Gasteiger partial charge in [-0.2, -0.15) is 0 Å². The van der Waals surface area contributed by atoms with Crippen molar-refractivity contribution >= 4 is 34.5 Å². The minimum atomic E-state index is 0.368. The van der Waals surface area contributed by atoms with Gasteiger partial charge in [0.05, 0.1) is 0 Å². The zero-order valence-corrected chi connectivity index (χ0v) is 15.0. The van der Waals surface area contributed by atoms with Gasteiger partial charge in [-0.15, -0.1) is 11.3 Å². The Bertz CT molecular complexity index is 766. The average Bonchev–Trinajstić information content (AvgIpc) is 3.03. The number of aromatic nitrogens is 1. The summed E-state index contributed by atoms with van der Waals surface area (Å²) in [5.41, 5.74) is 3.47. The molecule has 0 unspecified atom stereocenters. The first kappa shape index (κ1) is 16.5. The van der Waals surface area contributed by atoms with Crippen molar-refractivity contribution in [2.45, 2.75) is 19.5 Å². The first-order valence-electron chi connectivity index (χ1n) is 7.41. The predicted octanol–water partition coefficient (Wildman–Crippen LogP) is 4.94. The maximum absolute atomic E-state index is 5.93. The highest BCUT2D eigenvalue weighted by Crippen LogP contribution is 2.25. The molecule has 2 aromatic carbocycles. The zero-order chi connectivity index (χ0) is 16.2. The van der Waals surface area contributed by atoms with Crippen LogP contribution in [-0.2, 0) is 6.54 Å². The van der Waals surface area contributed by atoms with E-state index in [2.05, 4.69) is 29.8 Å². The molecule has 0 saturated heterocycles. The van der Waals surface area contributed by atoms with Gasteiger partial charge in [0.25, 0.3) is 0 Å². The Morgan fingerprint density at radius 3 is 2.26 bits per heavy atom. The van der Waals surface area contributed by atoms with Crippen LogP contribution in [0, 0.1) is 0 Å². The van der Waals surface area contributed by atoms with Gasteiger partial charge in [0.15, 0.2) is 0 Å². The molecular formula is C18H17Cl2N2S+. The summed E-state index contributed by atoms with van der Waals surface area (Å²) >= 11 is 13.5. The maximum atomic E-state index is 5.93. The van der Waals surface area contributed by atoms with Gasteiger partial charge in [-0.25, -0.2) is 4.98 Å². The van der Waals surface area contributed by atoms with Gasteiger partial charge < -0.3 is 5.32 Å². The van der Waals surface area contributed by atoms with Crippen LogP contribution < -0.4 is 5.32 Å². The number of thiazole rings is 1. The van der Waals surface area contributed by atoms with Crippen molar-refractivity contribution in [1.82, 2.24) is 4.98 Å². The van der Waals surface area contributed by atoms with Crippen molar-refractivity contribution in [2.75, 3.05) is 0 Å². The van der Waals surface area contributed by atoms with Crippen molar-refractivity contribution in [3.63, 3.8) is 0 Å². The Morgan fingerprint density at radius 1 is 1.00 bits per heavy atom. The maximum Gasteiger partial charge on any atom is 0.123 e. The van der Waals surface area contributed by atoms with Gasteiger partial charge in [-0.05, 0) is 31.2 Å². The molecule has 0 aliphatic heterocycles. The van der Waals surface area contributed by atoms with E-state index in [1.54, 1.807) is 11.3 Å².